The molecule has 2 unspecified atom stereocenters. The van der Waals surface area contributed by atoms with Gasteiger partial charge in [-0.05, 0) is 12.8 Å². The summed E-state index contributed by atoms with van der Waals surface area (Å²) in [6.07, 6.45) is 2.44. The second-order valence-corrected chi connectivity index (χ2v) is 4.79. The zero-order valence-electron chi connectivity index (χ0n) is 10.3. The van der Waals surface area contributed by atoms with E-state index in [-0.39, 0.29) is 17.7 Å². The summed E-state index contributed by atoms with van der Waals surface area (Å²) in [5.74, 6) is 0.457. The molecule has 0 spiro atoms. The van der Waals surface area contributed by atoms with Crippen LogP contribution in [0.4, 0.5) is 0 Å². The molecule has 2 saturated heterocycles. The van der Waals surface area contributed by atoms with Gasteiger partial charge in [0.05, 0.1) is 18.2 Å². The van der Waals surface area contributed by atoms with E-state index in [2.05, 4.69) is 12.1 Å². The Labute approximate surface area is 101 Å². The molecule has 0 aromatic rings. The van der Waals surface area contributed by atoms with Crippen LogP contribution in [0.25, 0.3) is 0 Å². The molecule has 0 aliphatic carbocycles. The largest absolute Gasteiger partial charge is 0.411 e. The minimum Gasteiger partial charge on any atom is -0.411 e. The maximum Gasteiger partial charge on any atom is 0.228 e. The fourth-order valence-electron chi connectivity index (χ4n) is 2.60. The van der Waals surface area contributed by atoms with E-state index in [0.717, 1.165) is 18.6 Å². The normalized spacial score (nSPS) is 32.1. The van der Waals surface area contributed by atoms with Crippen LogP contribution in [0.3, 0.4) is 0 Å². The first kappa shape index (κ1) is 12.4. The number of rotatable bonds is 2. The van der Waals surface area contributed by atoms with Crippen LogP contribution in [0.2, 0.25) is 0 Å². The Morgan fingerprint density at radius 3 is 3.06 bits per heavy atom. The number of hydrogen-bond acceptors (Lipinski definition) is 4. The van der Waals surface area contributed by atoms with Gasteiger partial charge in [-0.2, -0.15) is 0 Å². The quantitative estimate of drug-likeness (QED) is 0.581. The van der Waals surface area contributed by atoms with Crippen molar-refractivity contribution in [3.63, 3.8) is 0 Å². The molecule has 17 heavy (non-hydrogen) atoms. The van der Waals surface area contributed by atoms with E-state index in [9.17, 15) is 4.79 Å². The third-order valence-corrected chi connectivity index (χ3v) is 3.76. The minimum atomic E-state index is 0.0418. The van der Waals surface area contributed by atoms with E-state index in [1.54, 1.807) is 0 Å². The van der Waals surface area contributed by atoms with Gasteiger partial charge in [-0.25, -0.2) is 0 Å². The van der Waals surface area contributed by atoms with Crippen molar-refractivity contribution in [3.05, 3.63) is 0 Å². The molecular formula is C12H20N2O3. The monoisotopic (exact) mass is 240 g/mol. The van der Waals surface area contributed by atoms with Gasteiger partial charge in [0, 0.05) is 32.0 Å². The van der Waals surface area contributed by atoms with Crippen LogP contribution in [0.5, 0.6) is 0 Å². The van der Waals surface area contributed by atoms with Gasteiger partial charge in [-0.3, -0.25) is 4.79 Å². The van der Waals surface area contributed by atoms with Crippen molar-refractivity contribution in [2.75, 3.05) is 26.3 Å². The van der Waals surface area contributed by atoms with E-state index in [1.807, 2.05) is 4.90 Å². The smallest absolute Gasteiger partial charge is 0.228 e. The molecule has 1 N–H and O–H groups in total. The second-order valence-electron chi connectivity index (χ2n) is 4.79. The van der Waals surface area contributed by atoms with Crippen LogP contribution in [0, 0.1) is 11.8 Å². The summed E-state index contributed by atoms with van der Waals surface area (Å²) < 4.78 is 5.25. The standard InChI is InChI=1S/C12H20N2O3/c1-2-9-7-14(5-3-11(9)13-16)12(15)10-4-6-17-8-10/h9-10,16H,2-8H2,1H3. The van der Waals surface area contributed by atoms with E-state index in [1.165, 1.54) is 0 Å². The summed E-state index contributed by atoms with van der Waals surface area (Å²) in [5, 5.41) is 12.2. The average molecular weight is 240 g/mol. The fourth-order valence-corrected chi connectivity index (χ4v) is 2.60. The average Bonchev–Trinajstić information content (AvgIpc) is 2.90. The van der Waals surface area contributed by atoms with Gasteiger partial charge in [-0.1, -0.05) is 12.1 Å². The van der Waals surface area contributed by atoms with Crippen molar-refractivity contribution in [1.82, 2.24) is 4.90 Å². The Kier molecular flexibility index (Phi) is 3.99. The summed E-state index contributed by atoms with van der Waals surface area (Å²) in [5.41, 5.74) is 0.833. The number of amides is 1. The molecule has 2 aliphatic rings. The molecule has 96 valence electrons. The second kappa shape index (κ2) is 5.49. The number of carbonyl (C=O) groups is 1. The number of hydrogen-bond donors (Lipinski definition) is 1. The third kappa shape index (κ3) is 2.60. The number of ether oxygens (including phenoxy) is 1. The molecule has 0 radical (unpaired) electrons. The van der Waals surface area contributed by atoms with Crippen molar-refractivity contribution in [2.24, 2.45) is 17.0 Å². The Hall–Kier alpha value is -1.10. The first-order chi connectivity index (χ1) is 8.26. The maximum atomic E-state index is 12.2. The Morgan fingerprint density at radius 2 is 2.47 bits per heavy atom. The van der Waals surface area contributed by atoms with Crippen molar-refractivity contribution >= 4 is 11.6 Å². The molecular weight excluding hydrogens is 220 g/mol. The summed E-state index contributed by atoms with van der Waals surface area (Å²) in [6, 6.07) is 0. The van der Waals surface area contributed by atoms with Gasteiger partial charge in [0.2, 0.25) is 5.91 Å². The number of oxime groups is 1. The number of nitrogens with zero attached hydrogens (tertiary/aromatic N) is 2. The van der Waals surface area contributed by atoms with Crippen LogP contribution in [0.1, 0.15) is 26.2 Å². The van der Waals surface area contributed by atoms with Crippen LogP contribution in [0.15, 0.2) is 5.16 Å². The number of carbonyl (C=O) groups excluding carboxylic acids is 1. The van der Waals surface area contributed by atoms with E-state index in [4.69, 9.17) is 9.94 Å². The number of piperidine rings is 1. The highest BCUT2D eigenvalue weighted by Gasteiger charge is 2.32. The maximum absolute atomic E-state index is 12.2. The topological polar surface area (TPSA) is 62.1 Å². The van der Waals surface area contributed by atoms with Crippen LogP contribution < -0.4 is 0 Å². The van der Waals surface area contributed by atoms with Gasteiger partial charge in [-0.15, -0.1) is 0 Å². The minimum absolute atomic E-state index is 0.0418. The van der Waals surface area contributed by atoms with Crippen molar-refractivity contribution < 1.29 is 14.7 Å². The first-order valence-electron chi connectivity index (χ1n) is 6.33. The van der Waals surface area contributed by atoms with E-state index >= 15 is 0 Å². The third-order valence-electron chi connectivity index (χ3n) is 3.76. The molecule has 2 rings (SSSR count). The van der Waals surface area contributed by atoms with Crippen LogP contribution >= 0.6 is 0 Å². The van der Waals surface area contributed by atoms with Crippen LogP contribution in [-0.2, 0) is 9.53 Å². The fraction of sp³-hybridized carbons (Fsp3) is 0.833. The van der Waals surface area contributed by atoms with Gasteiger partial charge in [0.25, 0.3) is 0 Å². The molecule has 2 heterocycles. The van der Waals surface area contributed by atoms with Crippen molar-refractivity contribution in [3.8, 4) is 0 Å². The lowest BCUT2D eigenvalue weighted by Gasteiger charge is -2.34. The molecule has 0 aromatic heterocycles. The summed E-state index contributed by atoms with van der Waals surface area (Å²) in [4.78, 5) is 14.1. The first-order valence-corrected chi connectivity index (χ1v) is 6.33. The van der Waals surface area contributed by atoms with Gasteiger partial charge < -0.3 is 14.8 Å². The van der Waals surface area contributed by atoms with E-state index < -0.39 is 0 Å². The summed E-state index contributed by atoms with van der Waals surface area (Å²) >= 11 is 0. The lowest BCUT2D eigenvalue weighted by atomic mass is 9.92. The van der Waals surface area contributed by atoms with Gasteiger partial charge >= 0.3 is 0 Å². The Balaban J connectivity index is 1.96. The van der Waals surface area contributed by atoms with Gasteiger partial charge in [0.15, 0.2) is 0 Å². The molecule has 2 aliphatic heterocycles. The lowest BCUT2D eigenvalue weighted by Crippen LogP contribution is -2.46. The molecule has 2 atom stereocenters. The summed E-state index contributed by atoms with van der Waals surface area (Å²) in [7, 11) is 0. The predicted octanol–water partition coefficient (Wildman–Crippen LogP) is 1.11. The Morgan fingerprint density at radius 1 is 1.65 bits per heavy atom. The highest BCUT2D eigenvalue weighted by atomic mass is 16.5. The Bertz CT molecular complexity index is 311. The molecule has 0 saturated carbocycles. The van der Waals surface area contributed by atoms with Crippen molar-refractivity contribution in [1.29, 1.82) is 0 Å². The summed E-state index contributed by atoms with van der Waals surface area (Å²) in [6.45, 7) is 4.68. The molecule has 0 bridgehead atoms. The zero-order valence-corrected chi connectivity index (χ0v) is 10.3. The number of likely N-dealkylation sites (tertiary alicyclic amines) is 1. The molecule has 2 fully saturated rings. The molecule has 0 aromatic carbocycles. The van der Waals surface area contributed by atoms with Crippen LogP contribution in [-0.4, -0.2) is 48.0 Å². The van der Waals surface area contributed by atoms with E-state index in [0.29, 0.717) is 32.7 Å². The van der Waals surface area contributed by atoms with Gasteiger partial charge in [0.1, 0.15) is 0 Å². The predicted molar refractivity (Wildman–Crippen MR) is 63.1 cm³/mol. The molecule has 5 heteroatoms. The van der Waals surface area contributed by atoms with Crippen molar-refractivity contribution in [2.45, 2.75) is 26.2 Å². The highest BCUT2D eigenvalue weighted by molar-refractivity contribution is 5.89. The lowest BCUT2D eigenvalue weighted by molar-refractivity contribution is -0.136. The molecule has 5 nitrogen and oxygen atoms in total. The zero-order chi connectivity index (χ0) is 12.3. The molecule has 1 amide bonds. The highest BCUT2D eigenvalue weighted by Crippen LogP contribution is 2.22. The SMILES string of the molecule is CCC1CN(C(=O)C2CCOC2)CCC1=NO.